The predicted octanol–water partition coefficient (Wildman–Crippen LogP) is 5.49. The van der Waals surface area contributed by atoms with Crippen LogP contribution in [0.3, 0.4) is 0 Å². The van der Waals surface area contributed by atoms with Gasteiger partial charge < -0.3 is 15.7 Å². The Morgan fingerprint density at radius 1 is 1.06 bits per heavy atom. The number of nitrogens with one attached hydrogen (secondary N) is 2. The third-order valence-corrected chi connectivity index (χ3v) is 7.83. The Hall–Kier alpha value is -3.22. The highest BCUT2D eigenvalue weighted by atomic mass is 16.3. The maximum absolute atomic E-state index is 13.3. The lowest BCUT2D eigenvalue weighted by molar-refractivity contribution is 0.102. The van der Waals surface area contributed by atoms with E-state index in [1.54, 1.807) is 0 Å². The summed E-state index contributed by atoms with van der Waals surface area (Å²) >= 11 is 0. The largest absolute Gasteiger partial charge is 0.395 e. The van der Waals surface area contributed by atoms with Crippen molar-refractivity contribution in [2.75, 3.05) is 30.8 Å². The summed E-state index contributed by atoms with van der Waals surface area (Å²) in [4.78, 5) is 20.2. The summed E-state index contributed by atoms with van der Waals surface area (Å²) in [6.07, 6.45) is 6.36. The van der Waals surface area contributed by atoms with Crippen LogP contribution in [0.25, 0.3) is 11.1 Å². The van der Waals surface area contributed by atoms with Gasteiger partial charge in [0.05, 0.1) is 6.61 Å². The highest BCUT2D eigenvalue weighted by Gasteiger charge is 2.30. The Kier molecular flexibility index (Phi) is 7.08. The van der Waals surface area contributed by atoms with Gasteiger partial charge in [-0.2, -0.15) is 0 Å². The fraction of sp³-hybridized carbons (Fsp3) is 0.400. The van der Waals surface area contributed by atoms with Gasteiger partial charge >= 0.3 is 0 Å². The third-order valence-electron chi connectivity index (χ3n) is 7.83. The first-order valence-electron chi connectivity index (χ1n) is 13.0. The molecule has 1 aromatic heterocycles. The SMILES string of the molecule is CNc1cccc(-c2cccc(NC(=O)c3cc(C4CC4)c(CN4CCC[C@@H]4CO)cn3)c2C)c1C. The van der Waals surface area contributed by atoms with Crippen molar-refractivity contribution in [3.8, 4) is 11.1 Å². The standard InChI is InChI=1S/C30H36N4O2/c1-19-24(8-4-10-27(19)31-3)25-9-5-11-28(20(25)2)33-30(36)29-15-26(21-12-13-21)22(16-32-29)17-34-14-6-7-23(34)18-35/h4-5,8-11,15-16,21,23,31,35H,6-7,12-14,17-18H2,1-3H3,(H,33,36)/t23-/m1/s1. The molecule has 2 heterocycles. The van der Waals surface area contributed by atoms with Gasteiger partial charge in [0.25, 0.3) is 5.91 Å². The van der Waals surface area contributed by atoms with Gasteiger partial charge in [0, 0.05) is 37.2 Å². The summed E-state index contributed by atoms with van der Waals surface area (Å²) < 4.78 is 0. The molecule has 5 rings (SSSR count). The molecule has 1 aliphatic carbocycles. The van der Waals surface area contributed by atoms with Crippen molar-refractivity contribution < 1.29 is 9.90 Å². The summed E-state index contributed by atoms with van der Waals surface area (Å²) in [6.45, 7) is 6.16. The van der Waals surface area contributed by atoms with E-state index in [4.69, 9.17) is 0 Å². The van der Waals surface area contributed by atoms with E-state index in [0.717, 1.165) is 66.8 Å². The minimum absolute atomic E-state index is 0.182. The second-order valence-corrected chi connectivity index (χ2v) is 10.2. The number of carbonyl (C=O) groups is 1. The lowest BCUT2D eigenvalue weighted by atomic mass is 9.94. The number of anilines is 2. The van der Waals surface area contributed by atoms with Crippen molar-refractivity contribution in [1.82, 2.24) is 9.88 Å². The average molecular weight is 485 g/mol. The van der Waals surface area contributed by atoms with E-state index >= 15 is 0 Å². The first-order valence-corrected chi connectivity index (χ1v) is 13.0. The topological polar surface area (TPSA) is 77.5 Å². The normalized spacial score (nSPS) is 17.8. The third kappa shape index (κ3) is 4.88. The number of carbonyl (C=O) groups excluding carboxylic acids is 1. The number of hydrogen-bond donors (Lipinski definition) is 3. The van der Waals surface area contributed by atoms with Gasteiger partial charge in [-0.25, -0.2) is 0 Å². The molecular weight excluding hydrogens is 448 g/mol. The van der Waals surface area contributed by atoms with Crippen molar-refractivity contribution in [3.63, 3.8) is 0 Å². The highest BCUT2D eigenvalue weighted by Crippen LogP contribution is 2.42. The zero-order valence-corrected chi connectivity index (χ0v) is 21.5. The minimum atomic E-state index is -0.182. The van der Waals surface area contributed by atoms with E-state index < -0.39 is 0 Å². The molecule has 2 aromatic carbocycles. The number of rotatable bonds is 8. The van der Waals surface area contributed by atoms with E-state index in [9.17, 15) is 9.90 Å². The number of pyridine rings is 1. The molecule has 0 unspecified atom stereocenters. The molecule has 0 spiro atoms. The number of amides is 1. The Labute approximate surface area is 213 Å². The molecule has 6 nitrogen and oxygen atoms in total. The lowest BCUT2D eigenvalue weighted by Crippen LogP contribution is -2.32. The molecule has 6 heteroatoms. The van der Waals surface area contributed by atoms with Gasteiger partial charge in [-0.1, -0.05) is 24.3 Å². The molecule has 2 fully saturated rings. The fourth-order valence-electron chi connectivity index (χ4n) is 5.51. The number of hydrogen-bond acceptors (Lipinski definition) is 5. The second-order valence-electron chi connectivity index (χ2n) is 10.2. The van der Waals surface area contributed by atoms with Crippen LogP contribution in [-0.4, -0.2) is 47.1 Å². The van der Waals surface area contributed by atoms with E-state index in [1.807, 2.05) is 31.4 Å². The number of benzene rings is 2. The molecule has 1 atom stereocenters. The Morgan fingerprint density at radius 3 is 2.42 bits per heavy atom. The summed E-state index contributed by atoms with van der Waals surface area (Å²) in [5.74, 6) is 0.330. The second kappa shape index (κ2) is 10.4. The summed E-state index contributed by atoms with van der Waals surface area (Å²) in [7, 11) is 1.93. The molecule has 188 valence electrons. The minimum Gasteiger partial charge on any atom is -0.395 e. The molecule has 1 amide bonds. The lowest BCUT2D eigenvalue weighted by Gasteiger charge is -2.24. The maximum atomic E-state index is 13.3. The molecule has 3 N–H and O–H groups in total. The summed E-state index contributed by atoms with van der Waals surface area (Å²) in [5.41, 5.74) is 9.25. The van der Waals surface area contributed by atoms with E-state index in [-0.39, 0.29) is 18.6 Å². The number of aromatic nitrogens is 1. The number of aliphatic hydroxyl groups excluding tert-OH is 1. The monoisotopic (exact) mass is 484 g/mol. The van der Waals surface area contributed by atoms with Crippen LogP contribution < -0.4 is 10.6 Å². The number of aliphatic hydroxyl groups is 1. The molecular formula is C30H36N4O2. The predicted molar refractivity (Wildman–Crippen MR) is 146 cm³/mol. The van der Waals surface area contributed by atoms with Gasteiger partial charge in [0.1, 0.15) is 5.69 Å². The van der Waals surface area contributed by atoms with Crippen LogP contribution in [0.1, 0.15) is 64.3 Å². The zero-order valence-electron chi connectivity index (χ0n) is 21.5. The van der Waals surface area contributed by atoms with Crippen LogP contribution in [0.5, 0.6) is 0 Å². The summed E-state index contributed by atoms with van der Waals surface area (Å²) in [5, 5.41) is 16.1. The zero-order chi connectivity index (χ0) is 25.2. The van der Waals surface area contributed by atoms with Crippen molar-refractivity contribution in [2.24, 2.45) is 0 Å². The van der Waals surface area contributed by atoms with Crippen LogP contribution in [-0.2, 0) is 6.54 Å². The molecule has 1 aliphatic heterocycles. The molecule has 36 heavy (non-hydrogen) atoms. The highest BCUT2D eigenvalue weighted by molar-refractivity contribution is 6.04. The molecule has 3 aromatic rings. The molecule has 1 saturated carbocycles. The van der Waals surface area contributed by atoms with Crippen molar-refractivity contribution >= 4 is 17.3 Å². The number of likely N-dealkylation sites (tertiary alicyclic amines) is 1. The molecule has 0 radical (unpaired) electrons. The van der Waals surface area contributed by atoms with E-state index in [1.165, 1.54) is 16.7 Å². The van der Waals surface area contributed by atoms with Crippen LogP contribution in [0, 0.1) is 13.8 Å². The molecule has 0 bridgehead atoms. The van der Waals surface area contributed by atoms with Gasteiger partial charge in [-0.05, 0) is 104 Å². The first kappa shape index (κ1) is 24.5. The molecule has 1 saturated heterocycles. The smallest absolute Gasteiger partial charge is 0.274 e. The van der Waals surface area contributed by atoms with Crippen LogP contribution >= 0.6 is 0 Å². The Bertz CT molecular complexity index is 1270. The Balaban J connectivity index is 1.38. The quantitative estimate of drug-likeness (QED) is 0.394. The van der Waals surface area contributed by atoms with Gasteiger partial charge in [-0.15, -0.1) is 0 Å². The van der Waals surface area contributed by atoms with Gasteiger partial charge in [-0.3, -0.25) is 14.7 Å². The van der Waals surface area contributed by atoms with E-state index in [0.29, 0.717) is 11.6 Å². The first-order chi connectivity index (χ1) is 17.5. The van der Waals surface area contributed by atoms with Crippen LogP contribution in [0.4, 0.5) is 11.4 Å². The van der Waals surface area contributed by atoms with Crippen LogP contribution in [0.2, 0.25) is 0 Å². The van der Waals surface area contributed by atoms with E-state index in [2.05, 4.69) is 58.6 Å². The van der Waals surface area contributed by atoms with Crippen LogP contribution in [0.15, 0.2) is 48.7 Å². The van der Waals surface area contributed by atoms with Crippen molar-refractivity contribution in [1.29, 1.82) is 0 Å². The van der Waals surface area contributed by atoms with Gasteiger partial charge in [0.2, 0.25) is 0 Å². The molecule has 2 aliphatic rings. The average Bonchev–Trinajstić information content (AvgIpc) is 3.64. The van der Waals surface area contributed by atoms with Gasteiger partial charge in [0.15, 0.2) is 0 Å². The summed E-state index contributed by atoms with van der Waals surface area (Å²) in [6, 6.07) is 14.5. The number of nitrogens with zero attached hydrogens (tertiary/aromatic N) is 2. The Morgan fingerprint density at radius 2 is 1.75 bits per heavy atom. The van der Waals surface area contributed by atoms with Crippen molar-refractivity contribution in [2.45, 2.75) is 58.0 Å². The van der Waals surface area contributed by atoms with Crippen molar-refractivity contribution in [3.05, 3.63) is 76.6 Å². The maximum Gasteiger partial charge on any atom is 0.274 e. The fourth-order valence-corrected chi connectivity index (χ4v) is 5.51.